The minimum absolute atomic E-state index is 0. The molecular formula is C43H32N6O2Pd2. The van der Waals surface area contributed by atoms with E-state index in [0.29, 0.717) is 28.9 Å². The van der Waals surface area contributed by atoms with Gasteiger partial charge in [0.25, 0.3) is 0 Å². The van der Waals surface area contributed by atoms with Crippen molar-refractivity contribution < 1.29 is 50.3 Å². The van der Waals surface area contributed by atoms with E-state index in [0.717, 1.165) is 55.4 Å². The van der Waals surface area contributed by atoms with Crippen LogP contribution < -0.4 is 9.47 Å². The maximum atomic E-state index is 6.59. The maximum Gasteiger partial charge on any atom is 2.00 e. The van der Waals surface area contributed by atoms with E-state index < -0.39 is 0 Å². The fourth-order valence-electron chi connectivity index (χ4n) is 6.10. The van der Waals surface area contributed by atoms with E-state index in [-0.39, 0.29) is 52.7 Å². The Hall–Kier alpha value is -5.09. The molecule has 0 aliphatic carbocycles. The number of nitrogens with zero attached hydrogens (tertiary/aromatic N) is 6. The zero-order chi connectivity index (χ0) is 34.9. The molecule has 0 saturated heterocycles. The minimum atomic E-state index is 0. The first-order chi connectivity index (χ1) is 24.9. The van der Waals surface area contributed by atoms with Gasteiger partial charge >= 0.3 is 40.8 Å². The molecule has 0 unspecified atom stereocenters. The van der Waals surface area contributed by atoms with E-state index in [2.05, 4.69) is 89.0 Å². The molecule has 4 heterocycles. The molecule has 8 aromatic rings. The van der Waals surface area contributed by atoms with Crippen LogP contribution >= 0.6 is 0 Å². The summed E-state index contributed by atoms with van der Waals surface area (Å²) in [5, 5.41) is 1.95. The molecule has 10 heteroatoms. The van der Waals surface area contributed by atoms with Gasteiger partial charge in [0.15, 0.2) is 0 Å². The van der Waals surface area contributed by atoms with Crippen LogP contribution in [-0.4, -0.2) is 29.5 Å². The van der Waals surface area contributed by atoms with E-state index in [1.807, 2.05) is 77.4 Å². The van der Waals surface area contributed by atoms with Crippen molar-refractivity contribution in [2.75, 3.05) is 0 Å². The SMILES string of the molecule is CC(C)c1cc2c3cc(C(C)C)c(Oc4[c-]c(-c5ccccn5)ccc4)[c-]c3n(-c3ncncn3)c2[c-]c1Oc1[c-]c(-c2ccccn2)ccc1.[Pd+2].[Pd+2]. The zero-order valence-corrected chi connectivity index (χ0v) is 32.3. The van der Waals surface area contributed by atoms with Crippen molar-refractivity contribution in [3.8, 4) is 51.5 Å². The smallest absolute Gasteiger partial charge is 0.503 e. The van der Waals surface area contributed by atoms with Crippen LogP contribution in [0, 0.1) is 24.3 Å². The van der Waals surface area contributed by atoms with E-state index >= 15 is 0 Å². The molecular weight excluding hydrogens is 845 g/mol. The summed E-state index contributed by atoms with van der Waals surface area (Å²) in [5.41, 5.74) is 6.79. The largest absolute Gasteiger partial charge is 2.00 e. The summed E-state index contributed by atoms with van der Waals surface area (Å²) in [6.45, 7) is 8.59. The van der Waals surface area contributed by atoms with Gasteiger partial charge in [-0.3, -0.25) is 0 Å². The Morgan fingerprint density at radius 2 is 1.02 bits per heavy atom. The molecule has 0 N–H and O–H groups in total. The van der Waals surface area contributed by atoms with Crippen molar-refractivity contribution in [2.45, 2.75) is 39.5 Å². The third-order valence-corrected chi connectivity index (χ3v) is 8.60. The Morgan fingerprint density at radius 3 is 1.43 bits per heavy atom. The number of ether oxygens (including phenoxy) is 2. The third-order valence-electron chi connectivity index (χ3n) is 8.60. The van der Waals surface area contributed by atoms with Crippen molar-refractivity contribution in [3.05, 3.63) is 145 Å². The molecule has 0 fully saturated rings. The van der Waals surface area contributed by atoms with Crippen LogP contribution in [-0.2, 0) is 40.8 Å². The Kier molecular flexibility index (Phi) is 11.6. The van der Waals surface area contributed by atoms with E-state index in [9.17, 15) is 0 Å². The standard InChI is InChI=1S/C43H32N6O2.2Pd/c1-27(2)33-21-35-36-22-34(28(3)4)42(51-32-14-10-12-30(20-32)38-16-6-8-18-46-38)24-40(36)49(43-47-25-44-26-48-43)39(35)23-41(33)50-31-13-9-11-29(19-31)37-15-5-7-17-45-37;;/h5-18,21-22,25-28H,1-4H3;;/q-4;2*+2. The van der Waals surface area contributed by atoms with Gasteiger partial charge < -0.3 is 24.0 Å². The monoisotopic (exact) mass is 876 g/mol. The number of pyridine rings is 2. The van der Waals surface area contributed by atoms with Crippen molar-refractivity contribution >= 4 is 21.8 Å². The number of rotatable bonds is 9. The fraction of sp³-hybridized carbons (Fsp3) is 0.140. The minimum Gasteiger partial charge on any atom is -0.503 e. The molecule has 8 rings (SSSR count). The summed E-state index contributed by atoms with van der Waals surface area (Å²) in [7, 11) is 0. The molecule has 4 aromatic heterocycles. The van der Waals surface area contributed by atoms with Gasteiger partial charge in [-0.25, -0.2) is 15.0 Å². The quantitative estimate of drug-likeness (QED) is 0.105. The first kappa shape index (κ1) is 37.7. The van der Waals surface area contributed by atoms with Crippen molar-refractivity contribution in [3.63, 3.8) is 0 Å². The molecule has 0 bridgehead atoms. The first-order valence-corrected chi connectivity index (χ1v) is 16.8. The summed E-state index contributed by atoms with van der Waals surface area (Å²) in [6, 6.07) is 41.6. The predicted octanol–water partition coefficient (Wildman–Crippen LogP) is 10.1. The van der Waals surface area contributed by atoms with Crippen molar-refractivity contribution in [1.29, 1.82) is 0 Å². The van der Waals surface area contributed by atoms with E-state index in [1.165, 1.54) is 12.7 Å². The second-order valence-corrected chi connectivity index (χ2v) is 12.7. The summed E-state index contributed by atoms with van der Waals surface area (Å²) in [5.74, 6) is 3.00. The number of hydrogen-bond acceptors (Lipinski definition) is 7. The average Bonchev–Trinajstić information content (AvgIpc) is 3.47. The van der Waals surface area contributed by atoms with Crippen LogP contribution in [0.5, 0.6) is 23.0 Å². The van der Waals surface area contributed by atoms with Crippen LogP contribution in [0.2, 0.25) is 0 Å². The molecule has 0 radical (unpaired) electrons. The summed E-state index contributed by atoms with van der Waals surface area (Å²) >= 11 is 0. The summed E-state index contributed by atoms with van der Waals surface area (Å²) in [6.07, 6.45) is 6.50. The number of fused-ring (bicyclic) bond motifs is 3. The topological polar surface area (TPSA) is 87.8 Å². The molecule has 266 valence electrons. The number of hydrogen-bond donors (Lipinski definition) is 0. The zero-order valence-electron chi connectivity index (χ0n) is 29.2. The van der Waals surface area contributed by atoms with Crippen LogP contribution in [0.25, 0.3) is 50.3 Å². The molecule has 0 atom stereocenters. The van der Waals surface area contributed by atoms with Gasteiger partial charge in [0, 0.05) is 35.4 Å². The van der Waals surface area contributed by atoms with Gasteiger partial charge in [0.05, 0.1) is 0 Å². The summed E-state index contributed by atoms with van der Waals surface area (Å²) in [4.78, 5) is 22.2. The Morgan fingerprint density at radius 1 is 0.547 bits per heavy atom. The molecule has 0 amide bonds. The van der Waals surface area contributed by atoms with Crippen LogP contribution in [0.3, 0.4) is 0 Å². The van der Waals surface area contributed by atoms with Gasteiger partial charge in [-0.1, -0.05) is 87.0 Å². The van der Waals surface area contributed by atoms with Crippen LogP contribution in [0.1, 0.15) is 50.7 Å². The van der Waals surface area contributed by atoms with Gasteiger partial charge in [0.2, 0.25) is 5.95 Å². The third kappa shape index (κ3) is 7.69. The van der Waals surface area contributed by atoms with Gasteiger partial charge in [-0.2, -0.15) is 22.9 Å². The Bertz CT molecular complexity index is 2340. The fourth-order valence-corrected chi connectivity index (χ4v) is 6.10. The molecule has 0 aliphatic rings. The maximum absolute atomic E-state index is 6.59. The molecule has 0 aliphatic heterocycles. The van der Waals surface area contributed by atoms with Gasteiger partial charge in [0.1, 0.15) is 12.7 Å². The normalized spacial score (nSPS) is 11.1. The van der Waals surface area contributed by atoms with E-state index in [1.54, 1.807) is 12.4 Å². The molecule has 0 saturated carbocycles. The number of benzene rings is 4. The second kappa shape index (κ2) is 16.3. The predicted molar refractivity (Wildman–Crippen MR) is 197 cm³/mol. The van der Waals surface area contributed by atoms with Gasteiger partial charge in [-0.05, 0) is 23.5 Å². The Balaban J connectivity index is 0.00000240. The molecule has 4 aromatic carbocycles. The summed E-state index contributed by atoms with van der Waals surface area (Å²) < 4.78 is 15.1. The second-order valence-electron chi connectivity index (χ2n) is 12.7. The molecule has 53 heavy (non-hydrogen) atoms. The first-order valence-electron chi connectivity index (χ1n) is 16.8. The number of aromatic nitrogens is 6. The van der Waals surface area contributed by atoms with Crippen molar-refractivity contribution in [1.82, 2.24) is 29.5 Å². The van der Waals surface area contributed by atoms with E-state index in [4.69, 9.17) is 9.47 Å². The molecule has 8 nitrogen and oxygen atoms in total. The van der Waals surface area contributed by atoms with Crippen LogP contribution in [0.4, 0.5) is 0 Å². The van der Waals surface area contributed by atoms with Gasteiger partial charge in [-0.15, -0.1) is 70.8 Å². The average molecular weight is 878 g/mol. The van der Waals surface area contributed by atoms with Crippen molar-refractivity contribution in [2.24, 2.45) is 0 Å². The van der Waals surface area contributed by atoms with Crippen LogP contribution in [0.15, 0.2) is 110 Å². The molecule has 0 spiro atoms. The Labute approximate surface area is 336 Å².